The molecule has 1 N–H and O–H groups in total. The molecule has 0 saturated heterocycles. The highest BCUT2D eigenvalue weighted by atomic mass is 79.9. The number of carbonyl (C=O) groups is 1. The summed E-state index contributed by atoms with van der Waals surface area (Å²) in [4.78, 5) is 16.1. The van der Waals surface area contributed by atoms with Crippen LogP contribution in [0.2, 0.25) is 0 Å². The molecule has 0 amide bonds. The maximum absolute atomic E-state index is 11.6. The van der Waals surface area contributed by atoms with Gasteiger partial charge in [-0.2, -0.15) is 0 Å². The first-order chi connectivity index (χ1) is 10.6. The minimum atomic E-state index is -0.977. The van der Waals surface area contributed by atoms with E-state index in [9.17, 15) is 9.90 Å². The van der Waals surface area contributed by atoms with Crippen LogP contribution in [0, 0.1) is 0 Å². The lowest BCUT2D eigenvalue weighted by Crippen LogP contribution is -2.00. The zero-order valence-corrected chi connectivity index (χ0v) is 13.3. The van der Waals surface area contributed by atoms with Crippen molar-refractivity contribution in [2.24, 2.45) is 0 Å². The number of benzene rings is 2. The van der Waals surface area contributed by atoms with Crippen molar-refractivity contribution in [3.63, 3.8) is 0 Å². The van der Waals surface area contributed by atoms with E-state index in [-0.39, 0.29) is 5.56 Å². The lowest BCUT2D eigenvalue weighted by molar-refractivity contribution is 0.0699. The van der Waals surface area contributed by atoms with Crippen LogP contribution in [-0.2, 0) is 0 Å². The first-order valence-electron chi connectivity index (χ1n) is 6.56. The third kappa shape index (κ3) is 2.67. The fourth-order valence-corrected chi connectivity index (χ4v) is 2.67. The Morgan fingerprint density at radius 1 is 1.18 bits per heavy atom. The Balaban J connectivity index is 2.26. The molecule has 22 heavy (non-hydrogen) atoms. The SMILES string of the molecule is COc1cccc(-c2cc(C(=O)O)c3cc(Br)ccc3n2)c1. The minimum Gasteiger partial charge on any atom is -0.497 e. The van der Waals surface area contributed by atoms with Gasteiger partial charge in [-0.3, -0.25) is 0 Å². The lowest BCUT2D eigenvalue weighted by atomic mass is 10.0. The fourth-order valence-electron chi connectivity index (χ4n) is 2.31. The Morgan fingerprint density at radius 2 is 2.00 bits per heavy atom. The number of pyridine rings is 1. The molecular weight excluding hydrogens is 346 g/mol. The van der Waals surface area contributed by atoms with Crippen molar-refractivity contribution in [3.05, 3.63) is 58.6 Å². The quantitative estimate of drug-likeness (QED) is 0.755. The maximum atomic E-state index is 11.6. The van der Waals surface area contributed by atoms with E-state index < -0.39 is 5.97 Å². The van der Waals surface area contributed by atoms with Gasteiger partial charge < -0.3 is 9.84 Å². The van der Waals surface area contributed by atoms with Crippen molar-refractivity contribution in [2.45, 2.75) is 0 Å². The predicted molar refractivity (Wildman–Crippen MR) is 88.4 cm³/mol. The average Bonchev–Trinajstić information content (AvgIpc) is 2.53. The van der Waals surface area contributed by atoms with Crippen LogP contribution in [0.3, 0.4) is 0 Å². The fraction of sp³-hybridized carbons (Fsp3) is 0.0588. The molecule has 1 aromatic heterocycles. The molecule has 0 bridgehead atoms. The van der Waals surface area contributed by atoms with Crippen molar-refractivity contribution >= 4 is 32.8 Å². The van der Waals surface area contributed by atoms with Gasteiger partial charge in [-0.25, -0.2) is 9.78 Å². The highest BCUT2D eigenvalue weighted by molar-refractivity contribution is 9.10. The standard InChI is InChI=1S/C17H12BrNO3/c1-22-12-4-2-3-10(7-12)16-9-14(17(20)21)13-8-11(18)5-6-15(13)19-16/h2-9H,1H3,(H,20,21). The number of ether oxygens (including phenoxy) is 1. The first kappa shape index (κ1) is 14.5. The molecule has 0 unspecified atom stereocenters. The molecule has 0 atom stereocenters. The topological polar surface area (TPSA) is 59.4 Å². The van der Waals surface area contributed by atoms with Crippen molar-refractivity contribution in [1.82, 2.24) is 4.98 Å². The predicted octanol–water partition coefficient (Wildman–Crippen LogP) is 4.37. The molecule has 0 radical (unpaired) electrons. The van der Waals surface area contributed by atoms with E-state index in [1.54, 1.807) is 25.3 Å². The van der Waals surface area contributed by atoms with E-state index in [2.05, 4.69) is 20.9 Å². The van der Waals surface area contributed by atoms with Gasteiger partial charge in [-0.1, -0.05) is 28.1 Å². The number of aromatic nitrogens is 1. The van der Waals surface area contributed by atoms with Crippen molar-refractivity contribution in [2.75, 3.05) is 7.11 Å². The second kappa shape index (κ2) is 5.77. The molecule has 4 nitrogen and oxygen atoms in total. The van der Waals surface area contributed by atoms with Crippen molar-refractivity contribution in [3.8, 4) is 17.0 Å². The Morgan fingerprint density at radius 3 is 2.73 bits per heavy atom. The number of carboxylic acid groups (broad SMARTS) is 1. The number of methoxy groups -OCH3 is 1. The zero-order chi connectivity index (χ0) is 15.7. The van der Waals surface area contributed by atoms with Gasteiger partial charge in [-0.05, 0) is 36.4 Å². The van der Waals surface area contributed by atoms with Gasteiger partial charge in [-0.15, -0.1) is 0 Å². The number of hydrogen-bond acceptors (Lipinski definition) is 3. The molecule has 0 spiro atoms. The Kier molecular flexibility index (Phi) is 3.81. The van der Waals surface area contributed by atoms with E-state index in [0.717, 1.165) is 10.0 Å². The van der Waals surface area contributed by atoms with Crippen LogP contribution >= 0.6 is 15.9 Å². The molecular formula is C17H12BrNO3. The Hall–Kier alpha value is -2.40. The van der Waals surface area contributed by atoms with Gasteiger partial charge in [0.15, 0.2) is 0 Å². The van der Waals surface area contributed by atoms with Crippen LogP contribution < -0.4 is 4.74 Å². The zero-order valence-electron chi connectivity index (χ0n) is 11.7. The van der Waals surface area contributed by atoms with Crippen LogP contribution in [0.4, 0.5) is 0 Å². The summed E-state index contributed by atoms with van der Waals surface area (Å²) in [6, 6.07) is 14.4. The summed E-state index contributed by atoms with van der Waals surface area (Å²) in [7, 11) is 1.59. The van der Waals surface area contributed by atoms with Gasteiger partial charge in [0.05, 0.1) is 23.9 Å². The molecule has 0 saturated carbocycles. The summed E-state index contributed by atoms with van der Waals surface area (Å²) < 4.78 is 6.02. The molecule has 0 aliphatic heterocycles. The Bertz CT molecular complexity index is 877. The molecule has 0 aliphatic carbocycles. The van der Waals surface area contributed by atoms with Gasteiger partial charge in [0.25, 0.3) is 0 Å². The minimum absolute atomic E-state index is 0.226. The molecule has 0 fully saturated rings. The molecule has 5 heteroatoms. The second-order valence-corrected chi connectivity index (χ2v) is 5.67. The largest absolute Gasteiger partial charge is 0.497 e. The van der Waals surface area contributed by atoms with Gasteiger partial charge in [0, 0.05) is 15.4 Å². The second-order valence-electron chi connectivity index (χ2n) is 4.75. The van der Waals surface area contributed by atoms with Gasteiger partial charge >= 0.3 is 5.97 Å². The summed E-state index contributed by atoms with van der Waals surface area (Å²) in [5.41, 5.74) is 2.28. The summed E-state index contributed by atoms with van der Waals surface area (Å²) in [5, 5.41) is 10.1. The smallest absolute Gasteiger partial charge is 0.336 e. The molecule has 3 aromatic rings. The van der Waals surface area contributed by atoms with Crippen LogP contribution in [0.25, 0.3) is 22.2 Å². The van der Waals surface area contributed by atoms with Crippen LogP contribution in [-0.4, -0.2) is 23.2 Å². The monoisotopic (exact) mass is 357 g/mol. The van der Waals surface area contributed by atoms with Gasteiger partial charge in [0.1, 0.15) is 5.75 Å². The third-order valence-electron chi connectivity index (χ3n) is 3.37. The van der Waals surface area contributed by atoms with Crippen LogP contribution in [0.15, 0.2) is 53.0 Å². The number of rotatable bonds is 3. The highest BCUT2D eigenvalue weighted by Gasteiger charge is 2.13. The number of carboxylic acids is 1. The molecule has 1 heterocycles. The van der Waals surface area contributed by atoms with Crippen LogP contribution in [0.5, 0.6) is 5.75 Å². The number of fused-ring (bicyclic) bond motifs is 1. The van der Waals surface area contributed by atoms with E-state index in [0.29, 0.717) is 22.3 Å². The normalized spacial score (nSPS) is 10.6. The molecule has 0 aliphatic rings. The maximum Gasteiger partial charge on any atom is 0.336 e. The summed E-state index contributed by atoms with van der Waals surface area (Å²) >= 11 is 3.36. The van der Waals surface area contributed by atoms with E-state index >= 15 is 0 Å². The number of halogens is 1. The van der Waals surface area contributed by atoms with Crippen molar-refractivity contribution in [1.29, 1.82) is 0 Å². The third-order valence-corrected chi connectivity index (χ3v) is 3.86. The summed E-state index contributed by atoms with van der Waals surface area (Å²) in [5.74, 6) is -0.276. The number of hydrogen-bond donors (Lipinski definition) is 1. The average molecular weight is 358 g/mol. The van der Waals surface area contributed by atoms with Crippen molar-refractivity contribution < 1.29 is 14.6 Å². The molecule has 110 valence electrons. The lowest BCUT2D eigenvalue weighted by Gasteiger charge is -2.08. The number of nitrogens with zero attached hydrogens (tertiary/aromatic N) is 1. The van der Waals surface area contributed by atoms with Crippen LogP contribution in [0.1, 0.15) is 10.4 Å². The van der Waals surface area contributed by atoms with E-state index in [1.165, 1.54) is 0 Å². The summed E-state index contributed by atoms with van der Waals surface area (Å²) in [6.45, 7) is 0. The first-order valence-corrected chi connectivity index (χ1v) is 7.36. The summed E-state index contributed by atoms with van der Waals surface area (Å²) in [6.07, 6.45) is 0. The molecule has 3 rings (SSSR count). The molecule has 2 aromatic carbocycles. The highest BCUT2D eigenvalue weighted by Crippen LogP contribution is 2.28. The Labute approximate surface area is 135 Å². The van der Waals surface area contributed by atoms with E-state index in [1.807, 2.05) is 30.3 Å². The van der Waals surface area contributed by atoms with E-state index in [4.69, 9.17) is 4.74 Å². The number of aromatic carboxylic acids is 1. The van der Waals surface area contributed by atoms with Gasteiger partial charge in [0.2, 0.25) is 0 Å².